The molecule has 6 nitrogen and oxygen atoms in total. The van der Waals surface area contributed by atoms with Gasteiger partial charge in [-0.15, -0.1) is 0 Å². The molecule has 0 atom stereocenters. The first kappa shape index (κ1) is 22.4. The molecular weight excluding hydrogens is 492 g/mol. The smallest absolute Gasteiger partial charge is 0.326 e. The Balaban J connectivity index is 1.70. The Morgan fingerprint density at radius 2 is 1.84 bits per heavy atom. The number of carbonyl (C=O) groups excluding carboxylic acids is 3. The third-order valence-electron chi connectivity index (χ3n) is 5.28. The number of imide groups is 1. The van der Waals surface area contributed by atoms with E-state index >= 15 is 0 Å². The molecule has 0 saturated carbocycles. The molecule has 1 aromatic heterocycles. The van der Waals surface area contributed by atoms with Crippen LogP contribution in [0.25, 0.3) is 17.0 Å². The van der Waals surface area contributed by atoms with Gasteiger partial charge in [-0.1, -0.05) is 46.3 Å². The SMILES string of the molecule is CCOC(=O)CN1C(=O)S/C(=C\c2c(C)n(Cc3ccc(Br)cc3)c3ccccc23)C1=O. The quantitative estimate of drug-likeness (QED) is 0.328. The van der Waals surface area contributed by atoms with E-state index in [-0.39, 0.29) is 13.2 Å². The summed E-state index contributed by atoms with van der Waals surface area (Å²) in [5, 5.41) is 0.532. The van der Waals surface area contributed by atoms with E-state index in [9.17, 15) is 14.4 Å². The van der Waals surface area contributed by atoms with Gasteiger partial charge in [0.15, 0.2) is 0 Å². The van der Waals surface area contributed by atoms with E-state index in [0.717, 1.165) is 48.9 Å². The van der Waals surface area contributed by atoms with E-state index in [1.807, 2.05) is 43.3 Å². The van der Waals surface area contributed by atoms with Crippen LogP contribution in [-0.4, -0.2) is 39.7 Å². The minimum absolute atomic E-state index is 0.196. The van der Waals surface area contributed by atoms with Crippen LogP contribution in [0, 0.1) is 6.92 Å². The van der Waals surface area contributed by atoms with Crippen LogP contribution in [0.2, 0.25) is 0 Å². The number of ether oxygens (including phenoxy) is 1. The number of carbonyl (C=O) groups is 3. The van der Waals surface area contributed by atoms with Gasteiger partial charge >= 0.3 is 5.97 Å². The Morgan fingerprint density at radius 1 is 1.12 bits per heavy atom. The van der Waals surface area contributed by atoms with Gasteiger partial charge in [0.25, 0.3) is 11.1 Å². The predicted octanol–water partition coefficient (Wildman–Crippen LogP) is 5.36. The fraction of sp³-hybridized carbons (Fsp3) is 0.208. The highest BCUT2D eigenvalue weighted by atomic mass is 79.9. The Hall–Kier alpha value is -2.84. The molecule has 0 aliphatic carbocycles. The number of hydrogen-bond donors (Lipinski definition) is 0. The number of thioether (sulfide) groups is 1. The number of para-hydroxylation sites is 1. The zero-order valence-electron chi connectivity index (χ0n) is 17.6. The summed E-state index contributed by atoms with van der Waals surface area (Å²) in [4.78, 5) is 38.2. The summed E-state index contributed by atoms with van der Waals surface area (Å²) in [5.74, 6) is -1.07. The molecular formula is C24H21BrN2O4S. The summed E-state index contributed by atoms with van der Waals surface area (Å²) in [5.41, 5.74) is 4.08. The average molecular weight is 513 g/mol. The maximum absolute atomic E-state index is 12.8. The topological polar surface area (TPSA) is 68.6 Å². The molecule has 4 rings (SSSR count). The number of esters is 1. The molecule has 0 bridgehead atoms. The van der Waals surface area contributed by atoms with Gasteiger partial charge in [0.05, 0.1) is 11.5 Å². The van der Waals surface area contributed by atoms with Crippen molar-refractivity contribution in [3.63, 3.8) is 0 Å². The van der Waals surface area contributed by atoms with Crippen LogP contribution in [-0.2, 0) is 20.9 Å². The Bertz CT molecular complexity index is 1250. The minimum Gasteiger partial charge on any atom is -0.465 e. The van der Waals surface area contributed by atoms with Gasteiger partial charge in [-0.25, -0.2) is 0 Å². The fourth-order valence-corrected chi connectivity index (χ4v) is 4.80. The van der Waals surface area contributed by atoms with Crippen LogP contribution in [0.15, 0.2) is 57.9 Å². The number of aromatic nitrogens is 1. The van der Waals surface area contributed by atoms with Crippen molar-refractivity contribution in [2.75, 3.05) is 13.2 Å². The van der Waals surface area contributed by atoms with Gasteiger partial charge in [-0.2, -0.15) is 0 Å². The number of fused-ring (bicyclic) bond motifs is 1. The molecule has 8 heteroatoms. The minimum atomic E-state index is -0.599. The van der Waals surface area contributed by atoms with Crippen LogP contribution in [0.3, 0.4) is 0 Å². The lowest BCUT2D eigenvalue weighted by molar-refractivity contribution is -0.145. The van der Waals surface area contributed by atoms with Gasteiger partial charge in [-0.05, 0) is 55.4 Å². The van der Waals surface area contributed by atoms with Crippen LogP contribution in [0.5, 0.6) is 0 Å². The number of nitrogens with zero attached hydrogens (tertiary/aromatic N) is 2. The van der Waals surface area contributed by atoms with E-state index in [4.69, 9.17) is 4.74 Å². The van der Waals surface area contributed by atoms with E-state index < -0.39 is 17.1 Å². The normalized spacial score (nSPS) is 15.2. The summed E-state index contributed by atoms with van der Waals surface area (Å²) >= 11 is 4.31. The first-order chi connectivity index (χ1) is 15.4. The van der Waals surface area contributed by atoms with Gasteiger partial charge in [0.2, 0.25) is 0 Å². The molecule has 1 aliphatic rings. The second kappa shape index (κ2) is 9.34. The van der Waals surface area contributed by atoms with Crippen molar-refractivity contribution in [1.29, 1.82) is 0 Å². The van der Waals surface area contributed by atoms with Gasteiger partial charge < -0.3 is 9.30 Å². The highest BCUT2D eigenvalue weighted by Gasteiger charge is 2.37. The highest BCUT2D eigenvalue weighted by Crippen LogP contribution is 2.35. The molecule has 2 heterocycles. The van der Waals surface area contributed by atoms with Crippen molar-refractivity contribution < 1.29 is 19.1 Å². The standard InChI is InChI=1S/C24H21BrN2O4S/c1-3-31-22(28)14-27-23(29)21(32-24(27)30)12-19-15(2)26(20-7-5-4-6-18(19)20)13-16-8-10-17(25)11-9-16/h4-12H,3,13-14H2,1-2H3/b21-12-. The van der Waals surface area contributed by atoms with Crippen molar-refractivity contribution in [3.8, 4) is 0 Å². The molecule has 1 fully saturated rings. The second-order valence-corrected chi connectivity index (χ2v) is 9.21. The molecule has 1 saturated heterocycles. The fourth-order valence-electron chi connectivity index (χ4n) is 3.72. The van der Waals surface area contributed by atoms with E-state index in [2.05, 4.69) is 32.6 Å². The zero-order chi connectivity index (χ0) is 22.8. The molecule has 0 N–H and O–H groups in total. The summed E-state index contributed by atoms with van der Waals surface area (Å²) in [6, 6.07) is 16.2. The first-order valence-electron chi connectivity index (χ1n) is 10.1. The van der Waals surface area contributed by atoms with Crippen molar-refractivity contribution in [1.82, 2.24) is 9.47 Å². The van der Waals surface area contributed by atoms with Gasteiger partial charge in [-0.3, -0.25) is 19.3 Å². The lowest BCUT2D eigenvalue weighted by Gasteiger charge is -2.10. The third-order valence-corrected chi connectivity index (χ3v) is 6.71. The number of halogens is 1. The molecule has 2 amide bonds. The zero-order valence-corrected chi connectivity index (χ0v) is 20.0. The van der Waals surface area contributed by atoms with E-state index in [1.165, 1.54) is 0 Å². The molecule has 2 aromatic carbocycles. The monoisotopic (exact) mass is 512 g/mol. The van der Waals surface area contributed by atoms with Crippen molar-refractivity contribution in [2.24, 2.45) is 0 Å². The third kappa shape index (κ3) is 4.38. The van der Waals surface area contributed by atoms with Crippen molar-refractivity contribution in [3.05, 3.63) is 74.7 Å². The van der Waals surface area contributed by atoms with Crippen LogP contribution in [0.4, 0.5) is 4.79 Å². The molecule has 0 spiro atoms. The molecule has 32 heavy (non-hydrogen) atoms. The molecule has 164 valence electrons. The Morgan fingerprint density at radius 3 is 2.56 bits per heavy atom. The Kier molecular flexibility index (Phi) is 6.53. The van der Waals surface area contributed by atoms with Crippen LogP contribution < -0.4 is 0 Å². The summed E-state index contributed by atoms with van der Waals surface area (Å²) in [6.45, 7) is 4.19. The summed E-state index contributed by atoms with van der Waals surface area (Å²) < 4.78 is 8.10. The van der Waals surface area contributed by atoms with Gasteiger partial charge in [0.1, 0.15) is 6.54 Å². The van der Waals surface area contributed by atoms with E-state index in [0.29, 0.717) is 11.4 Å². The maximum Gasteiger partial charge on any atom is 0.326 e. The first-order valence-corrected chi connectivity index (χ1v) is 11.7. The highest BCUT2D eigenvalue weighted by molar-refractivity contribution is 9.10. The lowest BCUT2D eigenvalue weighted by atomic mass is 10.1. The Labute approximate surface area is 198 Å². The number of benzene rings is 2. The molecule has 0 radical (unpaired) electrons. The number of rotatable bonds is 6. The largest absolute Gasteiger partial charge is 0.465 e. The molecule has 3 aromatic rings. The van der Waals surface area contributed by atoms with Crippen LogP contribution in [0.1, 0.15) is 23.7 Å². The maximum atomic E-state index is 12.8. The van der Waals surface area contributed by atoms with Crippen molar-refractivity contribution in [2.45, 2.75) is 20.4 Å². The lowest BCUT2D eigenvalue weighted by Crippen LogP contribution is -2.34. The average Bonchev–Trinajstić information content (AvgIpc) is 3.19. The second-order valence-electron chi connectivity index (χ2n) is 7.30. The number of amides is 2. The van der Waals surface area contributed by atoms with Crippen molar-refractivity contribution >= 4 is 61.8 Å². The van der Waals surface area contributed by atoms with E-state index in [1.54, 1.807) is 13.0 Å². The number of hydrogen-bond acceptors (Lipinski definition) is 5. The summed E-state index contributed by atoms with van der Waals surface area (Å²) in [7, 11) is 0. The summed E-state index contributed by atoms with van der Waals surface area (Å²) in [6.07, 6.45) is 1.76. The molecule has 0 unspecified atom stereocenters. The van der Waals surface area contributed by atoms with Crippen LogP contribution >= 0.6 is 27.7 Å². The predicted molar refractivity (Wildman–Crippen MR) is 129 cm³/mol. The van der Waals surface area contributed by atoms with Gasteiger partial charge in [0, 0.05) is 33.2 Å². The molecule has 1 aliphatic heterocycles.